The minimum atomic E-state index is -0.138. The highest BCUT2D eigenvalue weighted by molar-refractivity contribution is 5.82. The number of benzene rings is 1. The molecule has 0 amide bonds. The van der Waals surface area contributed by atoms with Crippen LogP contribution < -0.4 is 11.3 Å². The largest absolute Gasteiger partial charge is 0.394 e. The van der Waals surface area contributed by atoms with Gasteiger partial charge >= 0.3 is 0 Å². The maximum atomic E-state index is 11.5. The summed E-state index contributed by atoms with van der Waals surface area (Å²) in [7, 11) is 1.73. The van der Waals surface area contributed by atoms with E-state index < -0.39 is 0 Å². The minimum Gasteiger partial charge on any atom is -0.394 e. The van der Waals surface area contributed by atoms with Gasteiger partial charge in [-0.15, -0.1) is 0 Å². The zero-order chi connectivity index (χ0) is 10.3. The molecule has 0 radical (unpaired) electrons. The quantitative estimate of drug-likeness (QED) is 0.679. The summed E-state index contributed by atoms with van der Waals surface area (Å²) in [6.07, 6.45) is 0. The lowest BCUT2D eigenvalue weighted by molar-refractivity contribution is 0.910. The van der Waals surface area contributed by atoms with Crippen LogP contribution >= 0.6 is 0 Å². The highest BCUT2D eigenvalue weighted by atomic mass is 16.1. The second-order valence-corrected chi connectivity index (χ2v) is 3.53. The molecule has 3 heteroatoms. The van der Waals surface area contributed by atoms with Crippen molar-refractivity contribution in [3.63, 3.8) is 0 Å². The molecule has 3 nitrogen and oxygen atoms in total. The first-order chi connectivity index (χ1) is 6.59. The number of fused-ring (bicyclic) bond motifs is 1. The molecule has 0 unspecified atom stereocenters. The lowest BCUT2D eigenvalue weighted by atomic mass is 10.1. The van der Waals surface area contributed by atoms with Crippen LogP contribution in [0.1, 0.15) is 5.56 Å². The molecule has 2 aromatic rings. The molecule has 14 heavy (non-hydrogen) atoms. The number of pyridine rings is 1. The molecule has 1 aromatic carbocycles. The van der Waals surface area contributed by atoms with E-state index in [2.05, 4.69) is 0 Å². The molecule has 1 aromatic heterocycles. The number of anilines is 1. The fraction of sp³-hybridized carbons (Fsp3) is 0.182. The number of hydrogen-bond acceptors (Lipinski definition) is 2. The molecule has 2 rings (SSSR count). The average molecular weight is 188 g/mol. The Morgan fingerprint density at radius 1 is 1.29 bits per heavy atom. The van der Waals surface area contributed by atoms with Crippen LogP contribution in [0.4, 0.5) is 5.69 Å². The van der Waals surface area contributed by atoms with Crippen molar-refractivity contribution in [1.29, 1.82) is 0 Å². The van der Waals surface area contributed by atoms with E-state index in [-0.39, 0.29) is 5.56 Å². The zero-order valence-corrected chi connectivity index (χ0v) is 8.24. The zero-order valence-electron chi connectivity index (χ0n) is 8.24. The summed E-state index contributed by atoms with van der Waals surface area (Å²) in [4.78, 5) is 11.5. The Morgan fingerprint density at radius 2 is 2.00 bits per heavy atom. The maximum absolute atomic E-state index is 11.5. The molecule has 2 N–H and O–H groups in total. The van der Waals surface area contributed by atoms with Gasteiger partial charge in [-0.1, -0.05) is 11.6 Å². The summed E-state index contributed by atoms with van der Waals surface area (Å²) in [6, 6.07) is 7.67. The molecule has 0 aliphatic heterocycles. The molecule has 0 saturated carbocycles. The standard InChI is InChI=1S/C11H12N2O/c1-7-3-4-10-8(5-7)6-9(12)11(14)13(10)2/h3-6H,12H2,1-2H3. The molecule has 0 saturated heterocycles. The van der Waals surface area contributed by atoms with Crippen molar-refractivity contribution in [2.75, 3.05) is 5.73 Å². The van der Waals surface area contributed by atoms with E-state index in [0.29, 0.717) is 5.69 Å². The highest BCUT2D eigenvalue weighted by Gasteiger charge is 2.02. The third-order valence-corrected chi connectivity index (χ3v) is 2.41. The van der Waals surface area contributed by atoms with E-state index in [0.717, 1.165) is 16.5 Å². The number of nitrogens with two attached hydrogens (primary N) is 1. The summed E-state index contributed by atoms with van der Waals surface area (Å²) in [5, 5.41) is 1.00. The number of nitrogen functional groups attached to an aromatic ring is 1. The van der Waals surface area contributed by atoms with Gasteiger partial charge in [0.15, 0.2) is 0 Å². The van der Waals surface area contributed by atoms with Gasteiger partial charge in [-0.05, 0) is 25.1 Å². The summed E-state index contributed by atoms with van der Waals surface area (Å²) in [5.74, 6) is 0. The molecular weight excluding hydrogens is 176 g/mol. The Balaban J connectivity index is 2.98. The van der Waals surface area contributed by atoms with Crippen LogP contribution in [-0.4, -0.2) is 4.57 Å². The predicted octanol–water partition coefficient (Wildman–Crippen LogP) is 1.43. The van der Waals surface area contributed by atoms with Crippen molar-refractivity contribution in [1.82, 2.24) is 4.57 Å². The molecule has 1 heterocycles. The van der Waals surface area contributed by atoms with Crippen LogP contribution in [-0.2, 0) is 7.05 Å². The first-order valence-electron chi connectivity index (χ1n) is 4.45. The van der Waals surface area contributed by atoms with Gasteiger partial charge < -0.3 is 10.3 Å². The van der Waals surface area contributed by atoms with E-state index in [1.165, 1.54) is 0 Å². The fourth-order valence-electron chi connectivity index (χ4n) is 1.63. The lowest BCUT2D eigenvalue weighted by Gasteiger charge is -2.06. The molecule has 0 spiro atoms. The summed E-state index contributed by atoms with van der Waals surface area (Å²) in [6.45, 7) is 2.01. The predicted molar refractivity (Wildman–Crippen MR) is 58.3 cm³/mol. The third kappa shape index (κ3) is 1.18. The van der Waals surface area contributed by atoms with Gasteiger partial charge in [-0.3, -0.25) is 4.79 Å². The van der Waals surface area contributed by atoms with Gasteiger partial charge in [0.05, 0.1) is 11.2 Å². The second-order valence-electron chi connectivity index (χ2n) is 3.53. The Hall–Kier alpha value is -1.77. The normalized spacial score (nSPS) is 10.7. The molecule has 0 aliphatic rings. The van der Waals surface area contributed by atoms with E-state index in [1.807, 2.05) is 25.1 Å². The van der Waals surface area contributed by atoms with Crippen LogP contribution in [0.2, 0.25) is 0 Å². The highest BCUT2D eigenvalue weighted by Crippen LogP contribution is 2.15. The first-order valence-corrected chi connectivity index (χ1v) is 4.45. The summed E-state index contributed by atoms with van der Waals surface area (Å²) in [5.41, 5.74) is 7.84. The van der Waals surface area contributed by atoms with E-state index in [9.17, 15) is 4.79 Å². The number of aryl methyl sites for hydroxylation is 2. The fourth-order valence-corrected chi connectivity index (χ4v) is 1.63. The van der Waals surface area contributed by atoms with E-state index >= 15 is 0 Å². The van der Waals surface area contributed by atoms with Crippen molar-refractivity contribution in [2.45, 2.75) is 6.92 Å². The van der Waals surface area contributed by atoms with Crippen LogP contribution in [0.3, 0.4) is 0 Å². The Labute approximate surface area is 81.8 Å². The average Bonchev–Trinajstić information content (AvgIpc) is 2.14. The smallest absolute Gasteiger partial charge is 0.273 e. The van der Waals surface area contributed by atoms with Gasteiger partial charge in [0.2, 0.25) is 0 Å². The van der Waals surface area contributed by atoms with Crippen LogP contribution in [0, 0.1) is 6.92 Å². The van der Waals surface area contributed by atoms with E-state index in [4.69, 9.17) is 5.73 Å². The first kappa shape index (κ1) is 8.81. The SMILES string of the molecule is Cc1ccc2c(c1)cc(N)c(=O)n2C. The molecular formula is C11H12N2O. The summed E-state index contributed by atoms with van der Waals surface area (Å²) < 4.78 is 1.57. The minimum absolute atomic E-state index is 0.138. The summed E-state index contributed by atoms with van der Waals surface area (Å²) >= 11 is 0. The topological polar surface area (TPSA) is 48.0 Å². The number of nitrogens with zero attached hydrogens (tertiary/aromatic N) is 1. The third-order valence-electron chi connectivity index (χ3n) is 2.41. The lowest BCUT2D eigenvalue weighted by Crippen LogP contribution is -2.20. The molecule has 0 aliphatic carbocycles. The van der Waals surface area contributed by atoms with Gasteiger partial charge in [0, 0.05) is 12.4 Å². The number of hydrogen-bond donors (Lipinski definition) is 1. The Kier molecular flexibility index (Phi) is 1.81. The molecule has 72 valence electrons. The van der Waals surface area contributed by atoms with Gasteiger partial charge in [-0.25, -0.2) is 0 Å². The van der Waals surface area contributed by atoms with E-state index in [1.54, 1.807) is 17.7 Å². The number of aromatic nitrogens is 1. The van der Waals surface area contributed by atoms with Gasteiger partial charge in [0.1, 0.15) is 0 Å². The van der Waals surface area contributed by atoms with Crippen molar-refractivity contribution < 1.29 is 0 Å². The molecule has 0 bridgehead atoms. The van der Waals surface area contributed by atoms with Crippen molar-refractivity contribution in [2.24, 2.45) is 7.05 Å². The van der Waals surface area contributed by atoms with Gasteiger partial charge in [0.25, 0.3) is 5.56 Å². The maximum Gasteiger partial charge on any atom is 0.273 e. The Morgan fingerprint density at radius 3 is 2.71 bits per heavy atom. The van der Waals surface area contributed by atoms with Crippen LogP contribution in [0.15, 0.2) is 29.1 Å². The van der Waals surface area contributed by atoms with Crippen molar-refractivity contribution in [3.8, 4) is 0 Å². The Bertz CT molecular complexity index is 555. The van der Waals surface area contributed by atoms with Crippen LogP contribution in [0.5, 0.6) is 0 Å². The van der Waals surface area contributed by atoms with Gasteiger partial charge in [-0.2, -0.15) is 0 Å². The van der Waals surface area contributed by atoms with Crippen molar-refractivity contribution >= 4 is 16.6 Å². The monoisotopic (exact) mass is 188 g/mol. The second kappa shape index (κ2) is 2.87. The molecule has 0 fully saturated rings. The van der Waals surface area contributed by atoms with Crippen molar-refractivity contribution in [3.05, 3.63) is 40.2 Å². The molecule has 0 atom stereocenters. The van der Waals surface area contributed by atoms with Crippen LogP contribution in [0.25, 0.3) is 10.9 Å². The number of rotatable bonds is 0.